The number of nitrogens with two attached hydrogens (primary N) is 1. The van der Waals surface area contributed by atoms with Crippen molar-refractivity contribution in [3.05, 3.63) is 70.3 Å². The molecule has 2 heterocycles. The molecule has 0 bridgehead atoms. The van der Waals surface area contributed by atoms with Gasteiger partial charge < -0.3 is 10.7 Å². The first-order chi connectivity index (χ1) is 9.68. The number of aromatic amines is 1. The number of carbonyl (C=O) groups is 1. The number of H-pyrrole nitrogens is 1. The van der Waals surface area contributed by atoms with Gasteiger partial charge in [0.15, 0.2) is 5.78 Å². The number of ketones is 1. The number of hydrogen-bond donors (Lipinski definition) is 2. The molecule has 0 saturated heterocycles. The van der Waals surface area contributed by atoms with Crippen LogP contribution in [0.5, 0.6) is 0 Å². The van der Waals surface area contributed by atoms with Crippen LogP contribution in [0, 0.1) is 0 Å². The quantitative estimate of drug-likeness (QED) is 0.691. The third-order valence-corrected chi connectivity index (χ3v) is 3.12. The Morgan fingerprint density at radius 3 is 2.60 bits per heavy atom. The third kappa shape index (κ3) is 1.85. The van der Waals surface area contributed by atoms with Gasteiger partial charge in [0.2, 0.25) is 0 Å². The molecule has 0 atom stereocenters. The molecule has 3 N–H and O–H groups in total. The summed E-state index contributed by atoms with van der Waals surface area (Å²) in [5.74, 6) is -0.155. The van der Waals surface area contributed by atoms with Crippen LogP contribution in [0.1, 0.15) is 15.9 Å². The van der Waals surface area contributed by atoms with Gasteiger partial charge in [-0.15, -0.1) is 0 Å². The molecule has 0 fully saturated rings. The van der Waals surface area contributed by atoms with Crippen LogP contribution < -0.4 is 11.3 Å². The summed E-state index contributed by atoms with van der Waals surface area (Å²) < 4.78 is 0. The smallest absolute Gasteiger partial charge is 0.258 e. The highest BCUT2D eigenvalue weighted by Crippen LogP contribution is 2.22. The van der Waals surface area contributed by atoms with Crippen molar-refractivity contribution in [1.29, 1.82) is 0 Å². The Kier molecular flexibility index (Phi) is 2.80. The lowest BCUT2D eigenvalue weighted by Gasteiger charge is -2.08. The van der Waals surface area contributed by atoms with Crippen LogP contribution >= 0.6 is 0 Å². The Hall–Kier alpha value is -2.95. The van der Waals surface area contributed by atoms with Crippen LogP contribution in [0.4, 0.5) is 5.82 Å². The molecule has 0 aliphatic rings. The van der Waals surface area contributed by atoms with E-state index >= 15 is 0 Å². The zero-order valence-corrected chi connectivity index (χ0v) is 10.5. The molecule has 5 heteroatoms. The molecule has 20 heavy (non-hydrogen) atoms. The number of fused-ring (bicyclic) bond motifs is 1. The molecule has 0 amide bonds. The number of carbonyl (C=O) groups excluding carboxylic acids is 1. The molecule has 0 radical (unpaired) electrons. The number of nitrogen functional groups attached to an aromatic ring is 1. The lowest BCUT2D eigenvalue weighted by atomic mass is 9.99. The van der Waals surface area contributed by atoms with Crippen LogP contribution in [0.15, 0.2) is 53.6 Å². The number of pyridine rings is 2. The van der Waals surface area contributed by atoms with Crippen molar-refractivity contribution in [1.82, 2.24) is 9.97 Å². The fourth-order valence-electron chi connectivity index (χ4n) is 2.17. The number of anilines is 1. The SMILES string of the molecule is Nc1[nH]c(=O)c2cnccc2c1C(=O)c1ccccc1. The average Bonchev–Trinajstić information content (AvgIpc) is 2.48. The van der Waals surface area contributed by atoms with Gasteiger partial charge in [-0.25, -0.2) is 0 Å². The van der Waals surface area contributed by atoms with E-state index in [1.807, 2.05) is 6.07 Å². The summed E-state index contributed by atoms with van der Waals surface area (Å²) >= 11 is 0. The molecule has 3 rings (SSSR count). The second kappa shape index (κ2) is 4.62. The normalized spacial score (nSPS) is 10.6. The van der Waals surface area contributed by atoms with Gasteiger partial charge in [-0.2, -0.15) is 0 Å². The summed E-state index contributed by atoms with van der Waals surface area (Å²) in [6.07, 6.45) is 2.96. The van der Waals surface area contributed by atoms with Gasteiger partial charge in [-0.3, -0.25) is 14.6 Å². The predicted octanol–water partition coefficient (Wildman–Crippen LogP) is 1.74. The maximum atomic E-state index is 12.6. The third-order valence-electron chi connectivity index (χ3n) is 3.12. The summed E-state index contributed by atoms with van der Waals surface area (Å²) in [5, 5.41) is 0.857. The Balaban J connectivity index is 2.32. The van der Waals surface area contributed by atoms with E-state index in [4.69, 9.17) is 5.73 Å². The highest BCUT2D eigenvalue weighted by molar-refractivity contribution is 6.18. The molecule has 0 aliphatic carbocycles. The highest BCUT2D eigenvalue weighted by atomic mass is 16.1. The Morgan fingerprint density at radius 1 is 1.10 bits per heavy atom. The van der Waals surface area contributed by atoms with Gasteiger partial charge in [0.1, 0.15) is 5.82 Å². The lowest BCUT2D eigenvalue weighted by molar-refractivity contribution is 0.104. The van der Waals surface area contributed by atoms with Gasteiger partial charge in [0, 0.05) is 23.3 Å². The molecule has 5 nitrogen and oxygen atoms in total. The van der Waals surface area contributed by atoms with E-state index in [9.17, 15) is 9.59 Å². The maximum absolute atomic E-state index is 12.6. The van der Waals surface area contributed by atoms with Crippen molar-refractivity contribution in [2.24, 2.45) is 0 Å². The monoisotopic (exact) mass is 265 g/mol. The fourth-order valence-corrected chi connectivity index (χ4v) is 2.17. The number of benzene rings is 1. The Morgan fingerprint density at radius 2 is 1.85 bits per heavy atom. The number of nitrogens with zero attached hydrogens (tertiary/aromatic N) is 1. The molecular formula is C15H11N3O2. The molecular weight excluding hydrogens is 254 g/mol. The Labute approximate surface area is 114 Å². The largest absolute Gasteiger partial charge is 0.385 e. The highest BCUT2D eigenvalue weighted by Gasteiger charge is 2.17. The summed E-state index contributed by atoms with van der Waals surface area (Å²) in [5.41, 5.74) is 6.29. The first-order valence-corrected chi connectivity index (χ1v) is 6.03. The van der Waals surface area contributed by atoms with Crippen molar-refractivity contribution in [3.63, 3.8) is 0 Å². The van der Waals surface area contributed by atoms with Crippen molar-refractivity contribution >= 4 is 22.4 Å². The topological polar surface area (TPSA) is 88.8 Å². The summed E-state index contributed by atoms with van der Waals surface area (Å²) in [7, 11) is 0. The van der Waals surface area contributed by atoms with Crippen molar-refractivity contribution in [3.8, 4) is 0 Å². The second-order valence-corrected chi connectivity index (χ2v) is 4.36. The number of hydrogen-bond acceptors (Lipinski definition) is 4. The van der Waals surface area contributed by atoms with Gasteiger partial charge >= 0.3 is 0 Å². The van der Waals surface area contributed by atoms with Crippen LogP contribution in [0.25, 0.3) is 10.8 Å². The lowest BCUT2D eigenvalue weighted by Crippen LogP contribution is -2.16. The molecule has 98 valence electrons. The van der Waals surface area contributed by atoms with E-state index in [0.717, 1.165) is 0 Å². The Bertz CT molecular complexity index is 854. The number of nitrogens with one attached hydrogen (secondary N) is 1. The van der Waals surface area contributed by atoms with Gasteiger partial charge in [-0.05, 0) is 6.07 Å². The molecule has 1 aromatic carbocycles. The van der Waals surface area contributed by atoms with Gasteiger partial charge in [0.25, 0.3) is 5.56 Å². The van der Waals surface area contributed by atoms with Gasteiger partial charge in [-0.1, -0.05) is 30.3 Å². The summed E-state index contributed by atoms with van der Waals surface area (Å²) in [4.78, 5) is 30.8. The van der Waals surface area contributed by atoms with E-state index in [0.29, 0.717) is 21.9 Å². The minimum absolute atomic E-state index is 0.0718. The number of rotatable bonds is 2. The van der Waals surface area contributed by atoms with Crippen molar-refractivity contribution in [2.75, 3.05) is 5.73 Å². The van der Waals surface area contributed by atoms with Crippen LogP contribution in [0.2, 0.25) is 0 Å². The van der Waals surface area contributed by atoms with Crippen molar-refractivity contribution < 1.29 is 4.79 Å². The predicted molar refractivity (Wildman–Crippen MR) is 76.7 cm³/mol. The minimum Gasteiger partial charge on any atom is -0.385 e. The molecule has 0 unspecified atom stereocenters. The molecule has 0 saturated carbocycles. The second-order valence-electron chi connectivity index (χ2n) is 4.36. The van der Waals surface area contributed by atoms with Crippen LogP contribution in [0.3, 0.4) is 0 Å². The van der Waals surface area contributed by atoms with Crippen LogP contribution in [-0.2, 0) is 0 Å². The first kappa shape index (κ1) is 12.1. The molecule has 0 spiro atoms. The zero-order valence-electron chi connectivity index (χ0n) is 10.5. The molecule has 3 aromatic rings. The average molecular weight is 265 g/mol. The first-order valence-electron chi connectivity index (χ1n) is 6.03. The van der Waals surface area contributed by atoms with Crippen molar-refractivity contribution in [2.45, 2.75) is 0 Å². The van der Waals surface area contributed by atoms with E-state index in [1.54, 1.807) is 30.3 Å². The zero-order chi connectivity index (χ0) is 14.1. The van der Waals surface area contributed by atoms with Gasteiger partial charge in [0.05, 0.1) is 10.9 Å². The number of aromatic nitrogens is 2. The summed E-state index contributed by atoms with van der Waals surface area (Å²) in [6.45, 7) is 0. The van der Waals surface area contributed by atoms with E-state index < -0.39 is 0 Å². The van der Waals surface area contributed by atoms with E-state index in [1.165, 1.54) is 12.4 Å². The van der Waals surface area contributed by atoms with Crippen LogP contribution in [-0.4, -0.2) is 15.8 Å². The van der Waals surface area contributed by atoms with E-state index in [-0.39, 0.29) is 17.2 Å². The maximum Gasteiger partial charge on any atom is 0.258 e. The molecule has 0 aliphatic heterocycles. The van der Waals surface area contributed by atoms with E-state index in [2.05, 4.69) is 9.97 Å². The summed E-state index contributed by atoms with van der Waals surface area (Å²) in [6, 6.07) is 10.4. The minimum atomic E-state index is -0.352. The standard InChI is InChI=1S/C15H11N3O2/c16-14-12(13(19)9-4-2-1-3-5-9)10-6-7-17-8-11(10)15(20)18-14/h1-8H,(H3,16,18,20). The fraction of sp³-hybridized carbons (Fsp3) is 0. The molecule has 2 aromatic heterocycles.